The van der Waals surface area contributed by atoms with E-state index in [4.69, 9.17) is 0 Å². The third-order valence-corrected chi connectivity index (χ3v) is 3.56. The van der Waals surface area contributed by atoms with Crippen LogP contribution in [-0.4, -0.2) is 28.6 Å². The first-order chi connectivity index (χ1) is 10.2. The highest BCUT2D eigenvalue weighted by Crippen LogP contribution is 2.17. The number of ether oxygens (including phenoxy) is 1. The van der Waals surface area contributed by atoms with Crippen molar-refractivity contribution in [1.82, 2.24) is 9.59 Å². The first-order valence-electron chi connectivity index (χ1n) is 6.46. The van der Waals surface area contributed by atoms with E-state index < -0.39 is 5.97 Å². The van der Waals surface area contributed by atoms with E-state index in [2.05, 4.69) is 19.6 Å². The van der Waals surface area contributed by atoms with Gasteiger partial charge in [-0.1, -0.05) is 23.9 Å². The topological polar surface area (TPSA) is 81.2 Å². The number of aromatic nitrogens is 2. The Morgan fingerprint density at radius 2 is 2.19 bits per heavy atom. The summed E-state index contributed by atoms with van der Waals surface area (Å²) in [6.07, 6.45) is 1.60. The molecule has 0 aliphatic rings. The molecule has 0 aliphatic heterocycles. The van der Waals surface area contributed by atoms with E-state index in [1.54, 1.807) is 24.3 Å². The van der Waals surface area contributed by atoms with Crippen LogP contribution in [0.1, 0.15) is 39.1 Å². The van der Waals surface area contributed by atoms with Crippen molar-refractivity contribution in [3.8, 4) is 0 Å². The number of anilines is 1. The molecule has 1 N–H and O–H groups in total. The zero-order valence-electron chi connectivity index (χ0n) is 11.8. The first-order valence-corrected chi connectivity index (χ1v) is 7.24. The predicted molar refractivity (Wildman–Crippen MR) is 79.6 cm³/mol. The van der Waals surface area contributed by atoms with Gasteiger partial charge in [0.15, 0.2) is 0 Å². The molecule has 1 aromatic carbocycles. The second-order valence-corrected chi connectivity index (χ2v) is 5.08. The minimum absolute atomic E-state index is 0.268. The smallest absolute Gasteiger partial charge is 0.337 e. The van der Waals surface area contributed by atoms with Crippen molar-refractivity contribution in [3.63, 3.8) is 0 Å². The lowest BCUT2D eigenvalue weighted by Crippen LogP contribution is -2.13. The van der Waals surface area contributed by atoms with Crippen LogP contribution in [0.25, 0.3) is 0 Å². The van der Waals surface area contributed by atoms with Crippen LogP contribution < -0.4 is 5.32 Å². The number of esters is 1. The van der Waals surface area contributed by atoms with E-state index in [0.717, 1.165) is 18.0 Å². The molecule has 0 saturated heterocycles. The summed E-state index contributed by atoms with van der Waals surface area (Å²) in [6, 6.07) is 6.58. The van der Waals surface area contributed by atoms with Gasteiger partial charge in [0, 0.05) is 5.69 Å². The van der Waals surface area contributed by atoms with Gasteiger partial charge in [-0.3, -0.25) is 4.79 Å². The fourth-order valence-corrected chi connectivity index (χ4v) is 2.41. The van der Waals surface area contributed by atoms with Gasteiger partial charge < -0.3 is 10.1 Å². The third-order valence-electron chi connectivity index (χ3n) is 2.79. The van der Waals surface area contributed by atoms with Gasteiger partial charge >= 0.3 is 5.97 Å². The van der Waals surface area contributed by atoms with Gasteiger partial charge in [0.1, 0.15) is 4.88 Å². The standard InChI is InChI=1S/C14H15N3O3S/c1-3-5-11-12(21-17-16-11)13(18)15-10-7-4-6-9(8-10)14(19)20-2/h4,6-8H,3,5H2,1-2H3,(H,15,18). The van der Waals surface area contributed by atoms with Gasteiger partial charge in [0.2, 0.25) is 0 Å². The molecule has 0 aliphatic carbocycles. The van der Waals surface area contributed by atoms with E-state index in [-0.39, 0.29) is 5.91 Å². The van der Waals surface area contributed by atoms with E-state index in [0.29, 0.717) is 28.2 Å². The third kappa shape index (κ3) is 3.63. The normalized spacial score (nSPS) is 10.2. The average molecular weight is 305 g/mol. The van der Waals surface area contributed by atoms with Crippen LogP contribution in [0.4, 0.5) is 5.69 Å². The first kappa shape index (κ1) is 15.1. The maximum Gasteiger partial charge on any atom is 0.337 e. The fourth-order valence-electron chi connectivity index (χ4n) is 1.81. The highest BCUT2D eigenvalue weighted by molar-refractivity contribution is 7.08. The van der Waals surface area contributed by atoms with Crippen molar-refractivity contribution in [1.29, 1.82) is 0 Å². The molecule has 0 saturated carbocycles. The number of benzene rings is 1. The molecule has 0 fully saturated rings. The van der Waals surface area contributed by atoms with Gasteiger partial charge in [-0.15, -0.1) is 5.10 Å². The molecule has 1 aromatic heterocycles. The Bertz CT molecular complexity index is 654. The quantitative estimate of drug-likeness (QED) is 0.858. The van der Waals surface area contributed by atoms with E-state index in [9.17, 15) is 9.59 Å². The number of hydrogen-bond acceptors (Lipinski definition) is 6. The van der Waals surface area contributed by atoms with E-state index in [1.165, 1.54) is 7.11 Å². The van der Waals surface area contributed by atoms with Crippen molar-refractivity contribution in [2.75, 3.05) is 12.4 Å². The Morgan fingerprint density at radius 1 is 1.38 bits per heavy atom. The summed E-state index contributed by atoms with van der Waals surface area (Å²) >= 11 is 1.07. The second-order valence-electron chi connectivity index (χ2n) is 4.33. The summed E-state index contributed by atoms with van der Waals surface area (Å²) in [7, 11) is 1.31. The Kier molecular flexibility index (Phi) is 4.99. The van der Waals surface area contributed by atoms with Crippen LogP contribution in [0, 0.1) is 0 Å². The summed E-state index contributed by atoms with van der Waals surface area (Å²) in [4.78, 5) is 24.2. The second kappa shape index (κ2) is 6.94. The summed E-state index contributed by atoms with van der Waals surface area (Å²) < 4.78 is 8.47. The zero-order valence-corrected chi connectivity index (χ0v) is 12.6. The summed E-state index contributed by atoms with van der Waals surface area (Å²) in [5, 5.41) is 6.71. The Balaban J connectivity index is 2.16. The maximum atomic E-state index is 12.2. The number of hydrogen-bond donors (Lipinski definition) is 1. The van der Waals surface area contributed by atoms with Gasteiger partial charge in [-0.25, -0.2) is 4.79 Å². The molecular weight excluding hydrogens is 290 g/mol. The molecule has 0 radical (unpaired) electrons. The van der Waals surface area contributed by atoms with Gasteiger partial charge in [-0.2, -0.15) is 0 Å². The summed E-state index contributed by atoms with van der Waals surface area (Å²) in [6.45, 7) is 2.01. The minimum Gasteiger partial charge on any atom is -0.465 e. The molecule has 2 aromatic rings. The van der Waals surface area contributed by atoms with Crippen molar-refractivity contribution < 1.29 is 14.3 Å². The van der Waals surface area contributed by atoms with Crippen LogP contribution in [0.2, 0.25) is 0 Å². The fraction of sp³-hybridized carbons (Fsp3) is 0.286. The monoisotopic (exact) mass is 305 g/mol. The Hall–Kier alpha value is -2.28. The molecule has 110 valence electrons. The van der Waals surface area contributed by atoms with Crippen molar-refractivity contribution >= 4 is 29.1 Å². The van der Waals surface area contributed by atoms with Gasteiger partial charge in [0.05, 0.1) is 18.4 Å². The van der Waals surface area contributed by atoms with E-state index >= 15 is 0 Å². The van der Waals surface area contributed by atoms with Crippen LogP contribution in [0.3, 0.4) is 0 Å². The van der Waals surface area contributed by atoms with Crippen LogP contribution in [-0.2, 0) is 11.2 Å². The maximum absolute atomic E-state index is 12.2. The molecule has 2 rings (SSSR count). The lowest BCUT2D eigenvalue weighted by Gasteiger charge is -2.06. The lowest BCUT2D eigenvalue weighted by molar-refractivity contribution is 0.0600. The molecule has 1 amide bonds. The molecule has 6 nitrogen and oxygen atoms in total. The van der Waals surface area contributed by atoms with Crippen LogP contribution in [0.15, 0.2) is 24.3 Å². The number of methoxy groups -OCH3 is 1. The Morgan fingerprint density at radius 3 is 2.90 bits per heavy atom. The number of nitrogens with zero attached hydrogens (tertiary/aromatic N) is 2. The number of rotatable bonds is 5. The molecule has 0 atom stereocenters. The number of nitrogens with one attached hydrogen (secondary N) is 1. The number of amides is 1. The molecule has 21 heavy (non-hydrogen) atoms. The lowest BCUT2D eigenvalue weighted by atomic mass is 10.2. The summed E-state index contributed by atoms with van der Waals surface area (Å²) in [5.74, 6) is -0.715. The molecule has 0 unspecified atom stereocenters. The number of carbonyl (C=O) groups is 2. The minimum atomic E-state index is -0.447. The van der Waals surface area contributed by atoms with Gasteiger partial charge in [-0.05, 0) is 36.2 Å². The molecule has 7 heteroatoms. The molecular formula is C14H15N3O3S. The SMILES string of the molecule is CCCc1nnsc1C(=O)Nc1cccc(C(=O)OC)c1. The highest BCUT2D eigenvalue weighted by atomic mass is 32.1. The number of aryl methyl sites for hydroxylation is 1. The van der Waals surface area contributed by atoms with Gasteiger partial charge in [0.25, 0.3) is 5.91 Å². The van der Waals surface area contributed by atoms with Crippen molar-refractivity contribution in [2.24, 2.45) is 0 Å². The average Bonchev–Trinajstić information content (AvgIpc) is 2.95. The number of carbonyl (C=O) groups excluding carboxylic acids is 2. The Labute approximate surface area is 126 Å². The predicted octanol–water partition coefficient (Wildman–Crippen LogP) is 2.53. The molecule has 0 bridgehead atoms. The molecule has 1 heterocycles. The largest absolute Gasteiger partial charge is 0.465 e. The van der Waals surface area contributed by atoms with Crippen molar-refractivity contribution in [2.45, 2.75) is 19.8 Å². The van der Waals surface area contributed by atoms with Crippen LogP contribution >= 0.6 is 11.5 Å². The van der Waals surface area contributed by atoms with Crippen LogP contribution in [0.5, 0.6) is 0 Å². The zero-order chi connectivity index (χ0) is 15.2. The summed E-state index contributed by atoms with van der Waals surface area (Å²) in [5.41, 5.74) is 1.61. The highest BCUT2D eigenvalue weighted by Gasteiger charge is 2.16. The molecule has 0 spiro atoms. The van der Waals surface area contributed by atoms with E-state index in [1.807, 2.05) is 6.92 Å². The van der Waals surface area contributed by atoms with Crippen molar-refractivity contribution in [3.05, 3.63) is 40.4 Å².